The van der Waals surface area contributed by atoms with Crippen LogP contribution in [0, 0.1) is 5.82 Å². The van der Waals surface area contributed by atoms with Gasteiger partial charge in [0.1, 0.15) is 12.1 Å². The monoisotopic (exact) mass is 437 g/mol. The number of hydrogen-bond donors (Lipinski definition) is 1. The number of piperazine rings is 1. The number of guanidine groups is 1. The second kappa shape index (κ2) is 9.85. The Morgan fingerprint density at radius 3 is 2.78 bits per heavy atom. The molecule has 0 spiro atoms. The van der Waals surface area contributed by atoms with Gasteiger partial charge in [-0.05, 0) is 30.5 Å². The van der Waals surface area contributed by atoms with Crippen LogP contribution in [0.1, 0.15) is 17.7 Å². The molecule has 1 aliphatic heterocycles. The average Bonchev–Trinajstić information content (AvgIpc) is 3.17. The lowest BCUT2D eigenvalue weighted by Crippen LogP contribution is -2.52. The Morgan fingerprint density at radius 2 is 2.11 bits per heavy atom. The van der Waals surface area contributed by atoms with Crippen LogP contribution in [-0.2, 0) is 13.0 Å². The predicted octanol–water partition coefficient (Wildman–Crippen LogP) is 2.90. The lowest BCUT2D eigenvalue weighted by molar-refractivity contribution is 0.169. The van der Waals surface area contributed by atoms with Crippen LogP contribution in [0.3, 0.4) is 0 Å². The van der Waals surface area contributed by atoms with Gasteiger partial charge in [-0.25, -0.2) is 4.39 Å². The van der Waals surface area contributed by atoms with Crippen molar-refractivity contribution < 1.29 is 8.91 Å². The van der Waals surface area contributed by atoms with Gasteiger partial charge in [-0.2, -0.15) is 0 Å². The summed E-state index contributed by atoms with van der Waals surface area (Å²) in [7, 11) is 1.80. The van der Waals surface area contributed by atoms with Crippen molar-refractivity contribution in [2.75, 3.05) is 39.8 Å². The summed E-state index contributed by atoms with van der Waals surface area (Å²) >= 11 is 3.29. The molecule has 1 saturated heterocycles. The van der Waals surface area contributed by atoms with E-state index in [0.717, 1.165) is 67.4 Å². The van der Waals surface area contributed by atoms with Gasteiger partial charge in [-0.3, -0.25) is 9.89 Å². The third kappa shape index (κ3) is 5.77. The van der Waals surface area contributed by atoms with Crippen molar-refractivity contribution >= 4 is 21.9 Å². The number of halogens is 2. The van der Waals surface area contributed by atoms with Crippen molar-refractivity contribution in [3.05, 3.63) is 52.1 Å². The Labute approximate surface area is 167 Å². The van der Waals surface area contributed by atoms with Gasteiger partial charge in [-0.15, -0.1) is 0 Å². The summed E-state index contributed by atoms with van der Waals surface area (Å²) in [5.74, 6) is 0.754. The Balaban J connectivity index is 1.39. The van der Waals surface area contributed by atoms with Gasteiger partial charge in [-0.1, -0.05) is 27.2 Å². The summed E-state index contributed by atoms with van der Waals surface area (Å²) in [6.07, 6.45) is 3.16. The molecule has 1 aliphatic rings. The number of rotatable bonds is 6. The molecule has 1 fully saturated rings. The largest absolute Gasteiger partial charge is 0.364 e. The zero-order chi connectivity index (χ0) is 19.1. The van der Waals surface area contributed by atoms with E-state index < -0.39 is 0 Å². The van der Waals surface area contributed by atoms with E-state index in [1.807, 2.05) is 18.2 Å². The van der Waals surface area contributed by atoms with Gasteiger partial charge in [0.15, 0.2) is 5.96 Å². The number of aryl methyl sites for hydroxylation is 1. The molecule has 0 radical (unpaired) electrons. The molecule has 0 unspecified atom stereocenters. The molecule has 0 amide bonds. The van der Waals surface area contributed by atoms with Crippen LogP contribution in [-0.4, -0.2) is 60.7 Å². The van der Waals surface area contributed by atoms with Crippen molar-refractivity contribution in [3.8, 4) is 0 Å². The van der Waals surface area contributed by atoms with Crippen LogP contribution >= 0.6 is 15.9 Å². The normalized spacial score (nSPS) is 16.0. The van der Waals surface area contributed by atoms with E-state index in [4.69, 9.17) is 4.52 Å². The molecule has 0 atom stereocenters. The van der Waals surface area contributed by atoms with Gasteiger partial charge in [0, 0.05) is 56.9 Å². The quantitative estimate of drug-likeness (QED) is 0.427. The number of benzene rings is 1. The van der Waals surface area contributed by atoms with Crippen molar-refractivity contribution in [1.82, 2.24) is 20.3 Å². The highest BCUT2D eigenvalue weighted by molar-refractivity contribution is 9.10. The van der Waals surface area contributed by atoms with E-state index in [0.29, 0.717) is 6.42 Å². The highest BCUT2D eigenvalue weighted by atomic mass is 79.9. The van der Waals surface area contributed by atoms with Gasteiger partial charge in [0.25, 0.3) is 0 Å². The topological polar surface area (TPSA) is 56.9 Å². The molecular formula is C19H25BrFN5O. The maximum absolute atomic E-state index is 13.9. The van der Waals surface area contributed by atoms with Crippen LogP contribution in [0.25, 0.3) is 0 Å². The Kier molecular flexibility index (Phi) is 7.23. The van der Waals surface area contributed by atoms with Gasteiger partial charge in [0.2, 0.25) is 0 Å². The molecule has 8 heteroatoms. The maximum Gasteiger partial charge on any atom is 0.193 e. The Morgan fingerprint density at radius 1 is 1.30 bits per heavy atom. The van der Waals surface area contributed by atoms with Gasteiger partial charge in [0.05, 0.1) is 5.69 Å². The van der Waals surface area contributed by atoms with Crippen LogP contribution < -0.4 is 5.32 Å². The SMILES string of the molecule is CN=C(NCCCc1ccc(Br)cc1F)N1CCN(Cc2ccon2)CC1. The highest BCUT2D eigenvalue weighted by Crippen LogP contribution is 2.16. The number of aromatic nitrogens is 1. The first-order valence-electron chi connectivity index (χ1n) is 9.17. The molecule has 3 rings (SSSR count). The molecule has 1 N–H and O–H groups in total. The van der Waals surface area contributed by atoms with Crippen LogP contribution in [0.5, 0.6) is 0 Å². The van der Waals surface area contributed by atoms with Crippen LogP contribution in [0.2, 0.25) is 0 Å². The maximum atomic E-state index is 13.9. The van der Waals surface area contributed by atoms with E-state index in [1.165, 1.54) is 6.07 Å². The minimum absolute atomic E-state index is 0.156. The fourth-order valence-electron chi connectivity index (χ4n) is 3.20. The summed E-state index contributed by atoms with van der Waals surface area (Å²) in [5, 5.41) is 7.37. The lowest BCUT2D eigenvalue weighted by atomic mass is 10.1. The molecule has 6 nitrogen and oxygen atoms in total. The molecule has 27 heavy (non-hydrogen) atoms. The van der Waals surface area contributed by atoms with Crippen LogP contribution in [0.4, 0.5) is 4.39 Å². The first kappa shape index (κ1) is 19.8. The lowest BCUT2D eigenvalue weighted by Gasteiger charge is -2.36. The zero-order valence-electron chi connectivity index (χ0n) is 15.5. The molecule has 0 bridgehead atoms. The Bertz CT molecular complexity index is 745. The van der Waals surface area contributed by atoms with Crippen molar-refractivity contribution in [3.63, 3.8) is 0 Å². The van der Waals surface area contributed by atoms with Crippen molar-refractivity contribution in [2.24, 2.45) is 4.99 Å². The van der Waals surface area contributed by atoms with Gasteiger partial charge < -0.3 is 14.7 Å². The highest BCUT2D eigenvalue weighted by Gasteiger charge is 2.20. The summed E-state index contributed by atoms with van der Waals surface area (Å²) in [6.45, 7) is 5.32. The molecular weight excluding hydrogens is 413 g/mol. The molecule has 1 aromatic heterocycles. The van der Waals surface area contributed by atoms with E-state index >= 15 is 0 Å². The summed E-state index contributed by atoms with van der Waals surface area (Å²) < 4.78 is 19.5. The second-order valence-electron chi connectivity index (χ2n) is 6.57. The molecule has 1 aromatic carbocycles. The first-order valence-corrected chi connectivity index (χ1v) is 9.96. The number of nitrogens with zero attached hydrogens (tertiary/aromatic N) is 4. The molecule has 2 heterocycles. The van der Waals surface area contributed by atoms with Gasteiger partial charge >= 0.3 is 0 Å². The fraction of sp³-hybridized carbons (Fsp3) is 0.474. The third-order valence-electron chi connectivity index (χ3n) is 4.68. The van der Waals surface area contributed by atoms with Crippen molar-refractivity contribution in [2.45, 2.75) is 19.4 Å². The van der Waals surface area contributed by atoms with E-state index in [1.54, 1.807) is 13.3 Å². The van der Waals surface area contributed by atoms with E-state index in [-0.39, 0.29) is 5.82 Å². The standard InChI is InChI=1S/C19H25BrFN5O/c1-22-19(23-7-2-3-15-4-5-16(20)13-18(15)21)26-10-8-25(9-11-26)14-17-6-12-27-24-17/h4-6,12-13H,2-3,7-11,14H2,1H3,(H,22,23). The minimum Gasteiger partial charge on any atom is -0.364 e. The third-order valence-corrected chi connectivity index (χ3v) is 5.17. The molecule has 0 aliphatic carbocycles. The summed E-state index contributed by atoms with van der Waals surface area (Å²) in [6, 6.07) is 7.13. The van der Waals surface area contributed by atoms with Crippen LogP contribution in [0.15, 0.2) is 44.5 Å². The Hall–Kier alpha value is -1.93. The molecule has 0 saturated carbocycles. The second-order valence-corrected chi connectivity index (χ2v) is 7.48. The summed E-state index contributed by atoms with van der Waals surface area (Å²) in [5.41, 5.74) is 1.71. The number of nitrogens with one attached hydrogen (secondary N) is 1. The van der Waals surface area contributed by atoms with E-state index in [9.17, 15) is 4.39 Å². The zero-order valence-corrected chi connectivity index (χ0v) is 17.1. The minimum atomic E-state index is -0.156. The molecule has 146 valence electrons. The summed E-state index contributed by atoms with van der Waals surface area (Å²) in [4.78, 5) is 9.01. The number of aliphatic imine (C=N–C) groups is 1. The average molecular weight is 438 g/mol. The number of hydrogen-bond acceptors (Lipinski definition) is 4. The molecule has 2 aromatic rings. The predicted molar refractivity (Wildman–Crippen MR) is 107 cm³/mol. The van der Waals surface area contributed by atoms with E-state index in [2.05, 4.69) is 41.2 Å². The first-order chi connectivity index (χ1) is 13.2. The van der Waals surface area contributed by atoms with Crippen molar-refractivity contribution in [1.29, 1.82) is 0 Å². The fourth-order valence-corrected chi connectivity index (χ4v) is 3.53. The smallest absolute Gasteiger partial charge is 0.193 e.